The van der Waals surface area contributed by atoms with Gasteiger partial charge in [-0.2, -0.15) is 0 Å². The van der Waals surface area contributed by atoms with Crippen LogP contribution in [0.15, 0.2) is 42.6 Å². The predicted octanol–water partition coefficient (Wildman–Crippen LogP) is 4.45. The van der Waals surface area contributed by atoms with Crippen molar-refractivity contribution in [2.45, 2.75) is 49.1 Å². The lowest BCUT2D eigenvalue weighted by Crippen LogP contribution is -2.40. The van der Waals surface area contributed by atoms with Crippen LogP contribution in [0.5, 0.6) is 0 Å². The van der Waals surface area contributed by atoms with Gasteiger partial charge < -0.3 is 19.5 Å². The van der Waals surface area contributed by atoms with E-state index in [2.05, 4.69) is 11.9 Å². The number of esters is 1. The van der Waals surface area contributed by atoms with Gasteiger partial charge in [0.15, 0.2) is 6.10 Å². The zero-order chi connectivity index (χ0) is 21.1. The maximum atomic E-state index is 12.5. The largest absolute Gasteiger partial charge is 0.452 e. The van der Waals surface area contributed by atoms with Gasteiger partial charge in [-0.05, 0) is 26.0 Å². The number of benzene rings is 1. The highest BCUT2D eigenvalue weighted by molar-refractivity contribution is 6.76. The molecule has 1 saturated heterocycles. The normalized spacial score (nSPS) is 25.6. The molecule has 0 bridgehead atoms. The number of ether oxygens (including phenoxy) is 3. The number of carbonyl (C=O) groups is 1. The number of hydrogen-bond donors (Lipinski definition) is 2. The Balaban J connectivity index is 2.21. The lowest BCUT2D eigenvalue weighted by molar-refractivity contribution is -0.125. The molecule has 0 spiro atoms. The lowest BCUT2D eigenvalue weighted by Gasteiger charge is -2.25. The second-order valence-corrected chi connectivity index (χ2v) is 9.00. The summed E-state index contributed by atoms with van der Waals surface area (Å²) in [6.45, 7) is 9.44. The summed E-state index contributed by atoms with van der Waals surface area (Å²) in [6.07, 6.45) is -2.29. The number of allylic oxidation sites excluding steroid dienone is 1. The van der Waals surface area contributed by atoms with Gasteiger partial charge in [0.1, 0.15) is 0 Å². The second-order valence-electron chi connectivity index (χ2n) is 6.72. The molecule has 1 aromatic rings. The van der Waals surface area contributed by atoms with Crippen LogP contribution < -0.4 is 5.32 Å². The zero-order valence-electron chi connectivity index (χ0n) is 15.7. The van der Waals surface area contributed by atoms with Crippen molar-refractivity contribution in [1.29, 1.82) is 5.41 Å². The van der Waals surface area contributed by atoms with E-state index in [-0.39, 0.29) is 12.0 Å². The van der Waals surface area contributed by atoms with Gasteiger partial charge in [-0.15, -0.1) is 0 Å². The fourth-order valence-corrected chi connectivity index (χ4v) is 3.18. The molecular weight excluding hydrogens is 427 g/mol. The topological polar surface area (TPSA) is 80.6 Å². The minimum Gasteiger partial charge on any atom is -0.452 e. The van der Waals surface area contributed by atoms with Crippen molar-refractivity contribution in [2.24, 2.45) is 5.92 Å². The quantitative estimate of drug-likeness (QED) is 0.290. The van der Waals surface area contributed by atoms with E-state index in [9.17, 15) is 4.79 Å². The predicted molar refractivity (Wildman–Crippen MR) is 110 cm³/mol. The van der Waals surface area contributed by atoms with Crippen molar-refractivity contribution in [2.75, 3.05) is 0 Å². The van der Waals surface area contributed by atoms with Crippen molar-refractivity contribution in [3.8, 4) is 0 Å². The molecule has 1 aliphatic rings. The molecule has 1 heterocycles. The molecule has 0 aromatic heterocycles. The van der Waals surface area contributed by atoms with Crippen molar-refractivity contribution < 1.29 is 19.0 Å². The number of alkyl halides is 3. The Morgan fingerprint density at radius 2 is 1.89 bits per heavy atom. The Morgan fingerprint density at radius 1 is 1.29 bits per heavy atom. The number of hydrogen-bond acceptors (Lipinski definition) is 6. The molecule has 0 radical (unpaired) electrons. The van der Waals surface area contributed by atoms with Crippen LogP contribution in [0.1, 0.15) is 31.1 Å². The number of carbonyl (C=O) groups excluding carboxylic acids is 1. The third-order valence-corrected chi connectivity index (χ3v) is 4.82. The van der Waals surface area contributed by atoms with Gasteiger partial charge in [-0.1, -0.05) is 66.5 Å². The van der Waals surface area contributed by atoms with Gasteiger partial charge >= 0.3 is 5.97 Å². The summed E-state index contributed by atoms with van der Waals surface area (Å²) in [6, 6.07) is 8.41. The second kappa shape index (κ2) is 9.35. The fourth-order valence-electron chi connectivity index (χ4n) is 3.04. The van der Waals surface area contributed by atoms with E-state index in [0.29, 0.717) is 5.56 Å². The number of halogens is 3. The molecule has 1 unspecified atom stereocenters. The van der Waals surface area contributed by atoms with E-state index in [1.54, 1.807) is 30.3 Å². The summed E-state index contributed by atoms with van der Waals surface area (Å²) >= 11 is 17.1. The van der Waals surface area contributed by atoms with Crippen LogP contribution in [0.3, 0.4) is 0 Å². The lowest BCUT2D eigenvalue weighted by atomic mass is 9.95. The first-order chi connectivity index (χ1) is 13.0. The summed E-state index contributed by atoms with van der Waals surface area (Å²) in [5, 5.41) is 11.0. The third-order valence-electron chi connectivity index (χ3n) is 4.31. The molecule has 5 atom stereocenters. The molecular formula is C19H23Cl3N2O4. The molecule has 6 nitrogen and oxygen atoms in total. The fraction of sp³-hybridized carbons (Fsp3) is 0.474. The van der Waals surface area contributed by atoms with Crippen molar-refractivity contribution >= 4 is 46.7 Å². The van der Waals surface area contributed by atoms with Crippen LogP contribution in [0.2, 0.25) is 0 Å². The van der Waals surface area contributed by atoms with Crippen LogP contribution in [-0.4, -0.2) is 40.2 Å². The first-order valence-electron chi connectivity index (χ1n) is 8.66. The molecule has 2 rings (SSSR count). The van der Waals surface area contributed by atoms with Crippen LogP contribution in [0.4, 0.5) is 0 Å². The summed E-state index contributed by atoms with van der Waals surface area (Å²) < 4.78 is 15.0. The first kappa shape index (κ1) is 22.8. The monoisotopic (exact) mass is 448 g/mol. The van der Waals surface area contributed by atoms with Crippen molar-refractivity contribution in [3.05, 3.63) is 48.2 Å². The van der Waals surface area contributed by atoms with Gasteiger partial charge in [-0.3, -0.25) is 5.41 Å². The minimum atomic E-state index is -2.06. The molecule has 0 aliphatic carbocycles. The standard InChI is InChI=1S/C19H23Cl3N2O4/c1-10(2)24-12(4)14-11(3)15(17(27-14)28-18(23)19(20,21)22)26-16(25)13-8-6-5-7-9-13/h5-9,11-12,14-15,17,23-24H,1H2,2-4H3/t11-,12-,14-,15?,17-/m0/s1. The maximum absolute atomic E-state index is 12.5. The SMILES string of the molecule is C=C(C)N[C@@H](C)[C@H]1O[C@@H](OC(=N)C(Cl)(Cl)Cl)C(OC(=O)c2ccccc2)[C@H]1C. The van der Waals surface area contributed by atoms with Crippen LogP contribution in [0, 0.1) is 11.3 Å². The molecule has 28 heavy (non-hydrogen) atoms. The highest BCUT2D eigenvalue weighted by Crippen LogP contribution is 2.35. The molecule has 1 aromatic carbocycles. The van der Waals surface area contributed by atoms with Crippen LogP contribution >= 0.6 is 34.8 Å². The number of nitrogens with one attached hydrogen (secondary N) is 2. The van der Waals surface area contributed by atoms with E-state index in [0.717, 1.165) is 5.70 Å². The van der Waals surface area contributed by atoms with Crippen LogP contribution in [-0.2, 0) is 14.2 Å². The Morgan fingerprint density at radius 3 is 2.43 bits per heavy atom. The smallest absolute Gasteiger partial charge is 0.338 e. The Hall–Kier alpha value is -1.47. The van der Waals surface area contributed by atoms with Gasteiger partial charge in [-0.25, -0.2) is 4.79 Å². The van der Waals surface area contributed by atoms with Gasteiger partial charge in [0, 0.05) is 17.7 Å². The molecule has 154 valence electrons. The summed E-state index contributed by atoms with van der Waals surface area (Å²) in [5.74, 6) is -1.41. The Labute approximate surface area is 179 Å². The first-order valence-corrected chi connectivity index (χ1v) is 9.80. The molecule has 0 saturated carbocycles. The van der Waals surface area contributed by atoms with Gasteiger partial charge in [0.2, 0.25) is 12.2 Å². The molecule has 1 aliphatic heterocycles. The van der Waals surface area contributed by atoms with E-state index >= 15 is 0 Å². The molecule has 1 fully saturated rings. The average Bonchev–Trinajstić information content (AvgIpc) is 2.90. The Bertz CT molecular complexity index is 724. The molecule has 9 heteroatoms. The molecule has 2 N–H and O–H groups in total. The summed E-state index contributed by atoms with van der Waals surface area (Å²) in [4.78, 5) is 12.5. The highest BCUT2D eigenvalue weighted by atomic mass is 35.6. The van der Waals surface area contributed by atoms with E-state index in [4.69, 9.17) is 54.4 Å². The average molecular weight is 450 g/mol. The van der Waals surface area contributed by atoms with Gasteiger partial charge in [0.05, 0.1) is 11.7 Å². The third kappa shape index (κ3) is 5.77. The van der Waals surface area contributed by atoms with E-state index < -0.39 is 34.2 Å². The van der Waals surface area contributed by atoms with E-state index in [1.165, 1.54) is 0 Å². The van der Waals surface area contributed by atoms with E-state index in [1.807, 2.05) is 20.8 Å². The van der Waals surface area contributed by atoms with Crippen molar-refractivity contribution in [1.82, 2.24) is 5.32 Å². The maximum Gasteiger partial charge on any atom is 0.338 e. The zero-order valence-corrected chi connectivity index (χ0v) is 18.0. The van der Waals surface area contributed by atoms with Crippen LogP contribution in [0.25, 0.3) is 0 Å². The highest BCUT2D eigenvalue weighted by Gasteiger charge is 2.49. The van der Waals surface area contributed by atoms with Gasteiger partial charge in [0.25, 0.3) is 3.79 Å². The summed E-state index contributed by atoms with van der Waals surface area (Å²) in [7, 11) is 0. The minimum absolute atomic E-state index is 0.152. The summed E-state index contributed by atoms with van der Waals surface area (Å²) in [5.41, 5.74) is 1.15. The number of rotatable bonds is 6. The van der Waals surface area contributed by atoms with Crippen molar-refractivity contribution in [3.63, 3.8) is 0 Å². The molecule has 0 amide bonds. The Kier molecular flexibility index (Phi) is 7.62.